The molecule has 0 spiro atoms. The predicted octanol–water partition coefficient (Wildman–Crippen LogP) is 3.76. The Hall–Kier alpha value is -2.52. The molecule has 3 aromatic carbocycles. The van der Waals surface area contributed by atoms with Crippen molar-refractivity contribution in [1.82, 2.24) is 0 Å². The summed E-state index contributed by atoms with van der Waals surface area (Å²) >= 11 is 0. The molecule has 1 aliphatic rings. The van der Waals surface area contributed by atoms with E-state index in [4.69, 9.17) is 5.11 Å². The Morgan fingerprint density at radius 1 is 0.913 bits per heavy atom. The Labute approximate surface area is 133 Å². The van der Waals surface area contributed by atoms with Crippen molar-refractivity contribution in [3.8, 4) is 0 Å². The highest BCUT2D eigenvalue weighted by Gasteiger charge is 2.33. The fourth-order valence-corrected chi connectivity index (χ4v) is 3.62. The average Bonchev–Trinajstić information content (AvgIpc) is 2.58. The summed E-state index contributed by atoms with van der Waals surface area (Å²) in [4.78, 5) is 25.2. The number of fused-ring (bicyclic) bond motifs is 5. The van der Waals surface area contributed by atoms with E-state index in [1.54, 1.807) is 6.07 Å². The largest absolute Gasteiger partial charge is 0.396 e. The van der Waals surface area contributed by atoms with Crippen LogP contribution in [0.4, 0.5) is 0 Å². The number of ketones is 2. The maximum atomic E-state index is 12.6. The number of hydrogen-bond acceptors (Lipinski definition) is 3. The lowest BCUT2D eigenvalue weighted by Gasteiger charge is -2.23. The average molecular weight is 304 g/mol. The number of carbonyl (C=O) groups is 2. The van der Waals surface area contributed by atoms with Gasteiger partial charge in [0, 0.05) is 30.1 Å². The lowest BCUT2D eigenvalue weighted by Crippen LogP contribution is -2.27. The minimum Gasteiger partial charge on any atom is -0.396 e. The Kier molecular flexibility index (Phi) is 3.24. The third kappa shape index (κ3) is 2.08. The lowest BCUT2D eigenvalue weighted by atomic mass is 9.78. The monoisotopic (exact) mass is 304 g/mol. The van der Waals surface area contributed by atoms with Gasteiger partial charge in [0.05, 0.1) is 0 Å². The minimum atomic E-state index is -0.391. The Morgan fingerprint density at radius 2 is 1.70 bits per heavy atom. The molecule has 0 fully saturated rings. The second-order valence-electron chi connectivity index (χ2n) is 6.07. The molecule has 1 atom stereocenters. The third-order valence-electron chi connectivity index (χ3n) is 4.75. The van der Waals surface area contributed by atoms with Gasteiger partial charge in [0.25, 0.3) is 0 Å². The normalized spacial score (nSPS) is 17.7. The molecule has 0 heterocycles. The second kappa shape index (κ2) is 5.28. The molecule has 0 aromatic heterocycles. The minimum absolute atomic E-state index is 0.000990. The van der Waals surface area contributed by atoms with Gasteiger partial charge in [-0.25, -0.2) is 0 Å². The number of aliphatic hydroxyl groups excluding tert-OH is 1. The van der Waals surface area contributed by atoms with Crippen molar-refractivity contribution in [3.05, 3.63) is 59.7 Å². The van der Waals surface area contributed by atoms with Crippen LogP contribution in [0.2, 0.25) is 0 Å². The topological polar surface area (TPSA) is 54.4 Å². The molecule has 3 aromatic rings. The van der Waals surface area contributed by atoms with Gasteiger partial charge in [-0.2, -0.15) is 0 Å². The lowest BCUT2D eigenvalue weighted by molar-refractivity contribution is 0.0801. The van der Waals surface area contributed by atoms with Crippen molar-refractivity contribution >= 4 is 33.1 Å². The molecule has 0 bridgehead atoms. The van der Waals surface area contributed by atoms with Crippen LogP contribution in [0.15, 0.2) is 48.5 Å². The van der Waals surface area contributed by atoms with E-state index >= 15 is 0 Å². The van der Waals surface area contributed by atoms with Gasteiger partial charge in [-0.1, -0.05) is 48.5 Å². The van der Waals surface area contributed by atoms with Crippen LogP contribution in [0, 0.1) is 5.92 Å². The van der Waals surface area contributed by atoms with Crippen LogP contribution in [0.25, 0.3) is 21.5 Å². The zero-order valence-electron chi connectivity index (χ0n) is 12.6. The van der Waals surface area contributed by atoms with E-state index in [1.165, 1.54) is 0 Å². The quantitative estimate of drug-likeness (QED) is 0.733. The Balaban J connectivity index is 2.01. The smallest absolute Gasteiger partial charge is 0.167 e. The zero-order valence-corrected chi connectivity index (χ0v) is 12.6. The summed E-state index contributed by atoms with van der Waals surface area (Å²) in [6, 6.07) is 15.7. The first-order valence-electron chi connectivity index (χ1n) is 7.83. The van der Waals surface area contributed by atoms with E-state index in [-0.39, 0.29) is 24.6 Å². The molecule has 0 radical (unpaired) electrons. The number of benzene rings is 3. The molecule has 0 saturated carbocycles. The van der Waals surface area contributed by atoms with E-state index < -0.39 is 5.92 Å². The van der Waals surface area contributed by atoms with Crippen LogP contribution in [-0.4, -0.2) is 23.3 Å². The molecule has 0 amide bonds. The highest BCUT2D eigenvalue weighted by molar-refractivity contribution is 6.23. The highest BCUT2D eigenvalue weighted by Crippen LogP contribution is 2.35. The molecule has 0 aliphatic heterocycles. The third-order valence-corrected chi connectivity index (χ3v) is 4.75. The summed E-state index contributed by atoms with van der Waals surface area (Å²) in [6.07, 6.45) is 0.540. The molecule has 4 rings (SSSR count). The fourth-order valence-electron chi connectivity index (χ4n) is 3.62. The molecule has 1 unspecified atom stereocenters. The van der Waals surface area contributed by atoms with Crippen LogP contribution < -0.4 is 0 Å². The molecule has 1 N–H and O–H groups in total. The van der Waals surface area contributed by atoms with Crippen LogP contribution in [-0.2, 0) is 0 Å². The van der Waals surface area contributed by atoms with Crippen LogP contribution in [0.3, 0.4) is 0 Å². The number of rotatable bonds is 2. The zero-order chi connectivity index (χ0) is 16.0. The summed E-state index contributed by atoms with van der Waals surface area (Å²) < 4.78 is 0. The summed E-state index contributed by atoms with van der Waals surface area (Å²) in [5.41, 5.74) is 1.05. The van der Waals surface area contributed by atoms with Crippen molar-refractivity contribution in [2.24, 2.45) is 5.92 Å². The number of hydrogen-bond donors (Lipinski definition) is 1. The van der Waals surface area contributed by atoms with Gasteiger partial charge in [0.2, 0.25) is 0 Å². The summed E-state index contributed by atoms with van der Waals surface area (Å²) in [5.74, 6) is -0.416. The molecule has 23 heavy (non-hydrogen) atoms. The van der Waals surface area contributed by atoms with Gasteiger partial charge in [-0.15, -0.1) is 0 Å². The number of carbonyl (C=O) groups excluding carboxylic acids is 2. The Morgan fingerprint density at radius 3 is 2.52 bits per heavy atom. The maximum Gasteiger partial charge on any atom is 0.167 e. The van der Waals surface area contributed by atoms with E-state index in [9.17, 15) is 9.59 Å². The van der Waals surface area contributed by atoms with Gasteiger partial charge in [-0.05, 0) is 28.0 Å². The van der Waals surface area contributed by atoms with Gasteiger partial charge in [0.15, 0.2) is 11.6 Å². The first-order chi connectivity index (χ1) is 11.2. The highest BCUT2D eigenvalue weighted by atomic mass is 16.3. The summed E-state index contributed by atoms with van der Waals surface area (Å²) in [7, 11) is 0. The fraction of sp³-hybridized carbons (Fsp3) is 0.200. The van der Waals surface area contributed by atoms with Crippen molar-refractivity contribution < 1.29 is 14.7 Å². The first kappa shape index (κ1) is 14.1. The summed E-state index contributed by atoms with van der Waals surface area (Å²) in [5, 5.41) is 13.2. The predicted molar refractivity (Wildman–Crippen MR) is 89.9 cm³/mol. The molecule has 3 heteroatoms. The van der Waals surface area contributed by atoms with Gasteiger partial charge in [-0.3, -0.25) is 9.59 Å². The number of Topliss-reactive ketones (excluding diaryl/α,β-unsaturated/α-hetero) is 2. The van der Waals surface area contributed by atoms with Crippen molar-refractivity contribution in [2.45, 2.75) is 12.8 Å². The first-order valence-corrected chi connectivity index (χ1v) is 7.83. The molecular weight excluding hydrogens is 288 g/mol. The summed E-state index contributed by atoms with van der Waals surface area (Å²) in [6.45, 7) is -0.0722. The standard InChI is InChI=1S/C20H16O3/c21-10-9-13-11-18(22)19-16-6-5-12-3-1-2-4-14(12)15(16)7-8-17(19)20(13)23/h1-8,13,21H,9-11H2. The molecule has 114 valence electrons. The van der Waals surface area contributed by atoms with Crippen LogP contribution >= 0.6 is 0 Å². The van der Waals surface area contributed by atoms with Crippen LogP contribution in [0.5, 0.6) is 0 Å². The van der Waals surface area contributed by atoms with Crippen molar-refractivity contribution in [3.63, 3.8) is 0 Å². The molecule has 3 nitrogen and oxygen atoms in total. The van der Waals surface area contributed by atoms with E-state index in [2.05, 4.69) is 0 Å². The van der Waals surface area contributed by atoms with Crippen molar-refractivity contribution in [1.29, 1.82) is 0 Å². The van der Waals surface area contributed by atoms with Gasteiger partial charge in [0.1, 0.15) is 0 Å². The SMILES string of the molecule is O=C1CC(CCO)C(=O)c2ccc3c(ccc4ccccc43)c21. The second-order valence-corrected chi connectivity index (χ2v) is 6.07. The van der Waals surface area contributed by atoms with Crippen molar-refractivity contribution in [2.75, 3.05) is 6.61 Å². The Bertz CT molecular complexity index is 956. The number of aliphatic hydroxyl groups is 1. The van der Waals surface area contributed by atoms with E-state index in [0.29, 0.717) is 17.5 Å². The molecule has 0 saturated heterocycles. The molecular formula is C20H16O3. The maximum absolute atomic E-state index is 12.6. The van der Waals surface area contributed by atoms with E-state index in [0.717, 1.165) is 21.5 Å². The molecule has 1 aliphatic carbocycles. The van der Waals surface area contributed by atoms with Gasteiger partial charge >= 0.3 is 0 Å². The van der Waals surface area contributed by atoms with Gasteiger partial charge < -0.3 is 5.11 Å². The van der Waals surface area contributed by atoms with Crippen LogP contribution in [0.1, 0.15) is 33.6 Å². The van der Waals surface area contributed by atoms with E-state index in [1.807, 2.05) is 42.5 Å².